The Hall–Kier alpha value is -3.38. The molecule has 172 valence electrons. The molecule has 0 radical (unpaired) electrons. The first kappa shape index (κ1) is 22.8. The minimum Gasteiger partial charge on any atom is -0.482 e. The topological polar surface area (TPSA) is 71.8 Å². The number of nitrogens with one attached hydrogen (secondary N) is 1. The summed E-state index contributed by atoms with van der Waals surface area (Å²) in [5.74, 6) is 0.682. The molecule has 0 saturated carbocycles. The van der Waals surface area contributed by atoms with Crippen LogP contribution in [0.4, 0.5) is 0 Å². The van der Waals surface area contributed by atoms with Gasteiger partial charge in [-0.3, -0.25) is 14.5 Å². The molecule has 1 amide bonds. The minimum absolute atomic E-state index is 0.122. The summed E-state index contributed by atoms with van der Waals surface area (Å²) >= 11 is 0. The first-order chi connectivity index (χ1) is 15.8. The van der Waals surface area contributed by atoms with Crippen molar-refractivity contribution in [2.45, 2.75) is 52.4 Å². The number of hydrogen-bond acceptors (Lipinski definition) is 5. The van der Waals surface area contributed by atoms with Gasteiger partial charge in [0.15, 0.2) is 0 Å². The second-order valence-electron chi connectivity index (χ2n) is 9.49. The third-order valence-electron chi connectivity index (χ3n) is 5.54. The van der Waals surface area contributed by atoms with Crippen LogP contribution < -0.4 is 15.5 Å². The molecule has 1 aliphatic heterocycles. The molecule has 1 aromatic heterocycles. The Bertz CT molecular complexity index is 1180. The number of fused-ring (bicyclic) bond motifs is 1. The lowest BCUT2D eigenvalue weighted by molar-refractivity contribution is 0.0919. The van der Waals surface area contributed by atoms with Crippen molar-refractivity contribution in [3.8, 4) is 5.75 Å². The normalized spacial score (nSPS) is 13.9. The number of carbonyl (C=O) groups is 1. The third kappa shape index (κ3) is 6.11. The first-order valence-electron chi connectivity index (χ1n) is 11.2. The monoisotopic (exact) mass is 446 g/mol. The van der Waals surface area contributed by atoms with E-state index in [0.29, 0.717) is 17.9 Å². The van der Waals surface area contributed by atoms with Crippen LogP contribution in [0.2, 0.25) is 0 Å². The summed E-state index contributed by atoms with van der Waals surface area (Å²) in [6.45, 7) is 8.40. The van der Waals surface area contributed by atoms with Crippen molar-refractivity contribution >= 4 is 5.91 Å². The fraction of sp³-hybridized carbons (Fsp3) is 0.333. The molecular weight excluding hydrogens is 416 g/mol. The molecule has 3 aromatic rings. The van der Waals surface area contributed by atoms with Crippen molar-refractivity contribution in [2.24, 2.45) is 0 Å². The van der Waals surface area contributed by atoms with Gasteiger partial charge in [0.2, 0.25) is 11.2 Å². The molecule has 0 fully saturated rings. The van der Waals surface area contributed by atoms with Crippen molar-refractivity contribution < 1.29 is 13.9 Å². The third-order valence-corrected chi connectivity index (χ3v) is 5.54. The number of ether oxygens (including phenoxy) is 1. The highest BCUT2D eigenvalue weighted by atomic mass is 16.5. The number of amides is 1. The lowest BCUT2D eigenvalue weighted by Crippen LogP contribution is -2.40. The molecule has 1 N–H and O–H groups in total. The van der Waals surface area contributed by atoms with Crippen LogP contribution in [0.1, 0.15) is 53.6 Å². The summed E-state index contributed by atoms with van der Waals surface area (Å²) in [5.41, 5.74) is 3.66. The molecule has 6 nitrogen and oxygen atoms in total. The second kappa shape index (κ2) is 9.63. The smallest absolute Gasteiger partial charge is 0.251 e. The molecule has 6 heteroatoms. The maximum absolute atomic E-state index is 12.5. The Labute approximate surface area is 194 Å². The minimum atomic E-state index is -0.294. The van der Waals surface area contributed by atoms with E-state index in [1.807, 2.05) is 32.9 Å². The average molecular weight is 447 g/mol. The molecule has 0 aliphatic carbocycles. The van der Waals surface area contributed by atoms with E-state index in [1.54, 1.807) is 12.1 Å². The van der Waals surface area contributed by atoms with Crippen molar-refractivity contribution in [2.75, 3.05) is 6.54 Å². The van der Waals surface area contributed by atoms with Crippen molar-refractivity contribution in [3.05, 3.63) is 99.1 Å². The number of carbonyl (C=O) groups excluding carboxylic acids is 1. The lowest BCUT2D eigenvalue weighted by Gasteiger charge is -2.28. The van der Waals surface area contributed by atoms with Crippen LogP contribution in [0.3, 0.4) is 0 Å². The summed E-state index contributed by atoms with van der Waals surface area (Å²) in [6.07, 6.45) is 2.39. The van der Waals surface area contributed by atoms with Crippen LogP contribution in [-0.4, -0.2) is 22.9 Å². The highest BCUT2D eigenvalue weighted by Crippen LogP contribution is 2.20. The molecule has 2 aromatic carbocycles. The van der Waals surface area contributed by atoms with Crippen LogP contribution in [0.25, 0.3) is 0 Å². The van der Waals surface area contributed by atoms with E-state index in [-0.39, 0.29) is 29.2 Å². The first-order valence-corrected chi connectivity index (χ1v) is 11.2. The summed E-state index contributed by atoms with van der Waals surface area (Å²) < 4.78 is 11.4. The molecule has 4 rings (SSSR count). The van der Waals surface area contributed by atoms with Gasteiger partial charge in [-0.25, -0.2) is 0 Å². The summed E-state index contributed by atoms with van der Waals surface area (Å²) in [4.78, 5) is 27.0. The molecule has 1 aliphatic rings. The van der Waals surface area contributed by atoms with Crippen molar-refractivity contribution in [1.29, 1.82) is 0 Å². The molecule has 33 heavy (non-hydrogen) atoms. The van der Waals surface area contributed by atoms with Crippen LogP contribution >= 0.6 is 0 Å². The van der Waals surface area contributed by atoms with Gasteiger partial charge in [-0.15, -0.1) is 0 Å². The highest BCUT2D eigenvalue weighted by Gasteiger charge is 2.18. The molecule has 0 atom stereocenters. The molecule has 0 saturated heterocycles. The van der Waals surface area contributed by atoms with Gasteiger partial charge in [0.1, 0.15) is 18.6 Å². The largest absolute Gasteiger partial charge is 0.482 e. The quantitative estimate of drug-likeness (QED) is 0.611. The van der Waals surface area contributed by atoms with Gasteiger partial charge in [0, 0.05) is 30.3 Å². The van der Waals surface area contributed by atoms with Gasteiger partial charge in [-0.1, -0.05) is 36.4 Å². The summed E-state index contributed by atoms with van der Waals surface area (Å²) in [7, 11) is 0. The van der Waals surface area contributed by atoms with Crippen molar-refractivity contribution in [1.82, 2.24) is 10.2 Å². The Kier molecular flexibility index (Phi) is 6.65. The zero-order valence-electron chi connectivity index (χ0n) is 19.4. The Morgan fingerprint density at radius 3 is 2.52 bits per heavy atom. The Morgan fingerprint density at radius 2 is 1.82 bits per heavy atom. The fourth-order valence-electron chi connectivity index (χ4n) is 3.86. The number of nitrogens with zero attached hydrogens (tertiary/aromatic N) is 1. The van der Waals surface area contributed by atoms with E-state index >= 15 is 0 Å². The number of benzene rings is 2. The van der Waals surface area contributed by atoms with Crippen LogP contribution in [0.5, 0.6) is 5.75 Å². The van der Waals surface area contributed by atoms with Gasteiger partial charge >= 0.3 is 0 Å². The fourth-order valence-corrected chi connectivity index (χ4v) is 3.86. The van der Waals surface area contributed by atoms with Crippen LogP contribution in [0, 0.1) is 0 Å². The molecule has 0 bridgehead atoms. The zero-order valence-corrected chi connectivity index (χ0v) is 19.4. The van der Waals surface area contributed by atoms with E-state index < -0.39 is 0 Å². The SMILES string of the molecule is CC(C)(C)NC(=O)c1ccc(COc2coc(CN3CCc4ccccc4C3)cc2=O)cc1. The summed E-state index contributed by atoms with van der Waals surface area (Å²) in [5, 5.41) is 2.93. The maximum Gasteiger partial charge on any atom is 0.251 e. The molecule has 2 heterocycles. The molecule has 0 spiro atoms. The summed E-state index contributed by atoms with van der Waals surface area (Å²) in [6, 6.07) is 17.1. The van der Waals surface area contributed by atoms with Crippen LogP contribution in [-0.2, 0) is 26.1 Å². The van der Waals surface area contributed by atoms with Gasteiger partial charge in [0.25, 0.3) is 5.91 Å². The van der Waals surface area contributed by atoms with E-state index in [2.05, 4.69) is 34.5 Å². The highest BCUT2D eigenvalue weighted by molar-refractivity contribution is 5.94. The van der Waals surface area contributed by atoms with Crippen LogP contribution in [0.15, 0.2) is 70.1 Å². The van der Waals surface area contributed by atoms with Gasteiger partial charge in [0.05, 0.1) is 6.54 Å². The predicted octanol–water partition coefficient (Wildman–Crippen LogP) is 4.31. The van der Waals surface area contributed by atoms with E-state index in [1.165, 1.54) is 23.5 Å². The molecular formula is C27H30N2O4. The van der Waals surface area contributed by atoms with Gasteiger partial charge in [-0.05, 0) is 56.0 Å². The maximum atomic E-state index is 12.5. The Balaban J connectivity index is 1.33. The van der Waals surface area contributed by atoms with E-state index in [0.717, 1.165) is 25.1 Å². The van der Waals surface area contributed by atoms with Gasteiger partial charge < -0.3 is 14.5 Å². The number of rotatable bonds is 6. The second-order valence-corrected chi connectivity index (χ2v) is 9.49. The van der Waals surface area contributed by atoms with E-state index in [4.69, 9.17) is 9.15 Å². The lowest BCUT2D eigenvalue weighted by atomic mass is 10.00. The van der Waals surface area contributed by atoms with Crippen molar-refractivity contribution in [3.63, 3.8) is 0 Å². The number of hydrogen-bond donors (Lipinski definition) is 1. The van der Waals surface area contributed by atoms with Gasteiger partial charge in [-0.2, -0.15) is 0 Å². The van der Waals surface area contributed by atoms with E-state index in [9.17, 15) is 9.59 Å². The molecule has 0 unspecified atom stereocenters. The predicted molar refractivity (Wildman–Crippen MR) is 127 cm³/mol. The average Bonchev–Trinajstić information content (AvgIpc) is 2.78. The zero-order chi connectivity index (χ0) is 23.4. The Morgan fingerprint density at radius 1 is 1.09 bits per heavy atom. The standard InChI is InChI=1S/C27H30N2O4/c1-27(2,3)28-26(31)21-10-8-19(9-11-21)17-33-25-18-32-23(14-24(25)30)16-29-13-12-20-6-4-5-7-22(20)15-29/h4-11,14,18H,12-13,15-17H2,1-3H3,(H,28,31).